The van der Waals surface area contributed by atoms with Crippen LogP contribution in [0, 0.1) is 0 Å². The molecular formula is C20H36N2S. The third kappa shape index (κ3) is 8.88. The highest BCUT2D eigenvalue weighted by molar-refractivity contribution is 7.07. The summed E-state index contributed by atoms with van der Waals surface area (Å²) in [6, 6.07) is 4.86. The number of nitrogens with zero attached hydrogens (tertiary/aromatic N) is 1. The Morgan fingerprint density at radius 2 is 1.26 bits per heavy atom. The van der Waals surface area contributed by atoms with E-state index in [1.165, 1.54) is 96.6 Å². The van der Waals surface area contributed by atoms with Crippen LogP contribution in [-0.4, -0.2) is 24.1 Å². The second-order valence-electron chi connectivity index (χ2n) is 7.01. The van der Waals surface area contributed by atoms with E-state index in [1.54, 1.807) is 11.3 Å². The van der Waals surface area contributed by atoms with E-state index in [-0.39, 0.29) is 0 Å². The van der Waals surface area contributed by atoms with Crippen LogP contribution in [-0.2, 0) is 0 Å². The minimum absolute atomic E-state index is 0.821. The number of nitrogens with one attached hydrogen (secondary N) is 1. The van der Waals surface area contributed by atoms with Crippen LogP contribution in [0.3, 0.4) is 0 Å². The average molecular weight is 337 g/mol. The Balaban J connectivity index is 0.000000326. The van der Waals surface area contributed by atoms with Crippen LogP contribution in [0.2, 0.25) is 0 Å². The molecule has 1 saturated heterocycles. The lowest BCUT2D eigenvalue weighted by Gasteiger charge is -2.32. The van der Waals surface area contributed by atoms with Gasteiger partial charge in [0.1, 0.15) is 0 Å². The fraction of sp³-hybridized carbons (Fsp3) is 0.800. The van der Waals surface area contributed by atoms with Crippen molar-refractivity contribution in [1.82, 2.24) is 10.4 Å². The van der Waals surface area contributed by atoms with Crippen LogP contribution in [0.5, 0.6) is 0 Å². The van der Waals surface area contributed by atoms with Gasteiger partial charge in [-0.2, -0.15) is 11.3 Å². The summed E-state index contributed by atoms with van der Waals surface area (Å²) in [5, 5.41) is 6.70. The Morgan fingerprint density at radius 3 is 1.87 bits per heavy atom. The van der Waals surface area contributed by atoms with Gasteiger partial charge < -0.3 is 0 Å². The van der Waals surface area contributed by atoms with Crippen LogP contribution in [0.15, 0.2) is 22.9 Å². The second kappa shape index (κ2) is 13.0. The molecule has 2 heterocycles. The van der Waals surface area contributed by atoms with Gasteiger partial charge in [-0.25, -0.2) is 5.01 Å². The maximum Gasteiger partial charge on any atom is 0.0243 e. The quantitative estimate of drug-likeness (QED) is 0.675. The zero-order chi connectivity index (χ0) is 16.0. The molecule has 132 valence electrons. The zero-order valence-corrected chi connectivity index (χ0v) is 15.7. The molecule has 0 unspecified atom stereocenters. The fourth-order valence-electron chi connectivity index (χ4n) is 3.70. The normalized spacial score (nSPS) is 23.1. The van der Waals surface area contributed by atoms with Gasteiger partial charge in [-0.1, -0.05) is 69.9 Å². The summed E-state index contributed by atoms with van der Waals surface area (Å²) >= 11 is 1.71. The maximum absolute atomic E-state index is 3.73. The fourth-order valence-corrected chi connectivity index (χ4v) is 4.15. The topological polar surface area (TPSA) is 15.3 Å². The first-order chi connectivity index (χ1) is 11.5. The van der Waals surface area contributed by atoms with Gasteiger partial charge in [0.05, 0.1) is 0 Å². The van der Waals surface area contributed by atoms with E-state index in [9.17, 15) is 0 Å². The molecule has 2 fully saturated rings. The van der Waals surface area contributed by atoms with Gasteiger partial charge in [0.25, 0.3) is 0 Å². The molecule has 0 aromatic carbocycles. The summed E-state index contributed by atoms with van der Waals surface area (Å²) < 4.78 is 0. The van der Waals surface area contributed by atoms with Crippen molar-refractivity contribution >= 4 is 11.3 Å². The number of rotatable bonds is 1. The lowest BCUT2D eigenvalue weighted by atomic mass is 10.0. The van der Waals surface area contributed by atoms with E-state index in [0.717, 1.165) is 6.04 Å². The van der Waals surface area contributed by atoms with Crippen LogP contribution in [0.1, 0.15) is 83.5 Å². The van der Waals surface area contributed by atoms with E-state index in [2.05, 4.69) is 10.4 Å². The van der Waals surface area contributed by atoms with Crippen molar-refractivity contribution in [2.75, 3.05) is 13.1 Å². The highest BCUT2D eigenvalue weighted by atomic mass is 32.1. The molecular weight excluding hydrogens is 300 g/mol. The highest BCUT2D eigenvalue weighted by Crippen LogP contribution is 2.21. The molecule has 0 amide bonds. The molecule has 0 bridgehead atoms. The van der Waals surface area contributed by atoms with Crippen molar-refractivity contribution in [3.63, 3.8) is 0 Å². The van der Waals surface area contributed by atoms with Crippen molar-refractivity contribution in [1.29, 1.82) is 0 Å². The standard InChI is InChI=1S/C16H32N2.C4H4S/c1-2-5-9-13-16(12-8-4-1)18-15-11-7-3-6-10-14-17-18;1-2-4-5-3-1/h16-17H,1-15H2;1-4H. The molecule has 0 atom stereocenters. The molecule has 1 saturated carbocycles. The van der Waals surface area contributed by atoms with E-state index >= 15 is 0 Å². The molecule has 0 radical (unpaired) electrons. The van der Waals surface area contributed by atoms with Crippen LogP contribution in [0.4, 0.5) is 0 Å². The third-order valence-electron chi connectivity index (χ3n) is 5.08. The van der Waals surface area contributed by atoms with Gasteiger partial charge in [-0.05, 0) is 36.4 Å². The first kappa shape index (κ1) is 19.0. The van der Waals surface area contributed by atoms with Crippen molar-refractivity contribution in [3.05, 3.63) is 22.9 Å². The van der Waals surface area contributed by atoms with Gasteiger partial charge in [0.15, 0.2) is 0 Å². The molecule has 1 aliphatic carbocycles. The molecule has 1 N–H and O–H groups in total. The van der Waals surface area contributed by atoms with Gasteiger partial charge in [-0.3, -0.25) is 5.43 Å². The van der Waals surface area contributed by atoms with Crippen molar-refractivity contribution < 1.29 is 0 Å². The van der Waals surface area contributed by atoms with Crippen LogP contribution in [0.25, 0.3) is 0 Å². The molecule has 1 aromatic heterocycles. The Hall–Kier alpha value is -0.380. The highest BCUT2D eigenvalue weighted by Gasteiger charge is 2.18. The number of hydrogen-bond acceptors (Lipinski definition) is 3. The van der Waals surface area contributed by atoms with Crippen LogP contribution >= 0.6 is 11.3 Å². The number of hydrazine groups is 1. The molecule has 2 nitrogen and oxygen atoms in total. The predicted octanol–water partition coefficient (Wildman–Crippen LogP) is 6.01. The Morgan fingerprint density at radius 1 is 0.696 bits per heavy atom. The van der Waals surface area contributed by atoms with Crippen molar-refractivity contribution in [2.45, 2.75) is 89.5 Å². The molecule has 23 heavy (non-hydrogen) atoms. The summed E-state index contributed by atoms with van der Waals surface area (Å²) in [6.07, 6.45) is 18.7. The number of thiophene rings is 1. The Kier molecular flexibility index (Phi) is 10.7. The lowest BCUT2D eigenvalue weighted by molar-refractivity contribution is 0.107. The summed E-state index contributed by atoms with van der Waals surface area (Å²) in [4.78, 5) is 0. The van der Waals surface area contributed by atoms with E-state index in [4.69, 9.17) is 0 Å². The van der Waals surface area contributed by atoms with Crippen molar-refractivity contribution in [3.8, 4) is 0 Å². The molecule has 1 aromatic rings. The summed E-state index contributed by atoms with van der Waals surface area (Å²) in [6.45, 7) is 2.49. The molecule has 3 rings (SSSR count). The number of hydrogen-bond donors (Lipinski definition) is 1. The predicted molar refractivity (Wildman–Crippen MR) is 103 cm³/mol. The summed E-state index contributed by atoms with van der Waals surface area (Å²) in [5.74, 6) is 0. The Labute approximate surface area is 147 Å². The smallest absolute Gasteiger partial charge is 0.0243 e. The third-order valence-corrected chi connectivity index (χ3v) is 5.71. The minimum Gasteiger partial charge on any atom is -0.255 e. The van der Waals surface area contributed by atoms with Gasteiger partial charge in [-0.15, -0.1) is 0 Å². The van der Waals surface area contributed by atoms with Crippen LogP contribution < -0.4 is 5.43 Å². The average Bonchev–Trinajstić information content (AvgIpc) is 3.19. The zero-order valence-electron chi connectivity index (χ0n) is 14.8. The molecule has 1 aliphatic heterocycles. The maximum atomic E-state index is 3.73. The first-order valence-electron chi connectivity index (χ1n) is 9.94. The Bertz CT molecular complexity index is 293. The largest absolute Gasteiger partial charge is 0.255 e. The van der Waals surface area contributed by atoms with E-state index < -0.39 is 0 Å². The van der Waals surface area contributed by atoms with E-state index in [1.807, 2.05) is 22.9 Å². The second-order valence-corrected chi connectivity index (χ2v) is 7.83. The summed E-state index contributed by atoms with van der Waals surface area (Å²) in [5.41, 5.74) is 3.73. The molecule has 3 heteroatoms. The monoisotopic (exact) mass is 336 g/mol. The van der Waals surface area contributed by atoms with E-state index in [0.29, 0.717) is 0 Å². The van der Waals surface area contributed by atoms with Gasteiger partial charge >= 0.3 is 0 Å². The summed E-state index contributed by atoms with van der Waals surface area (Å²) in [7, 11) is 0. The first-order valence-corrected chi connectivity index (χ1v) is 10.9. The van der Waals surface area contributed by atoms with Gasteiger partial charge in [0.2, 0.25) is 0 Å². The molecule has 2 aliphatic rings. The van der Waals surface area contributed by atoms with Crippen molar-refractivity contribution in [2.24, 2.45) is 0 Å². The molecule has 0 spiro atoms. The lowest BCUT2D eigenvalue weighted by Crippen LogP contribution is -2.46. The SMILES string of the molecule is C1CCCCC(N2CCCCCCCN2)CCC1.c1ccsc1. The van der Waals surface area contributed by atoms with Gasteiger partial charge in [0, 0.05) is 19.1 Å². The minimum atomic E-state index is 0.821.